The molecule has 20 heavy (non-hydrogen) atoms. The van der Waals surface area contributed by atoms with Gasteiger partial charge in [0.05, 0.1) is 5.71 Å². The van der Waals surface area contributed by atoms with Crippen LogP contribution >= 0.6 is 0 Å². The van der Waals surface area contributed by atoms with E-state index in [1.807, 2.05) is 24.5 Å². The topological polar surface area (TPSA) is 25.2 Å². The summed E-state index contributed by atoms with van der Waals surface area (Å²) in [4.78, 5) is 8.83. The van der Waals surface area contributed by atoms with Gasteiger partial charge in [0.15, 0.2) is 0 Å². The van der Waals surface area contributed by atoms with Gasteiger partial charge in [-0.2, -0.15) is 0 Å². The number of aliphatic imine (C=N–C) groups is 1. The van der Waals surface area contributed by atoms with Crippen LogP contribution in [0.4, 0.5) is 0 Å². The molecule has 0 atom stereocenters. The van der Waals surface area contributed by atoms with Gasteiger partial charge in [-0.05, 0) is 28.8 Å². The highest BCUT2D eigenvalue weighted by atomic mass is 14.7. The van der Waals surface area contributed by atoms with E-state index < -0.39 is 0 Å². The first-order valence-corrected chi connectivity index (χ1v) is 6.73. The van der Waals surface area contributed by atoms with Crippen molar-refractivity contribution in [3.63, 3.8) is 0 Å². The van der Waals surface area contributed by atoms with Gasteiger partial charge in [-0.25, -0.2) is 0 Å². The van der Waals surface area contributed by atoms with Crippen molar-refractivity contribution in [3.05, 3.63) is 83.8 Å². The molecule has 0 saturated heterocycles. The van der Waals surface area contributed by atoms with Crippen molar-refractivity contribution in [2.45, 2.75) is 12.8 Å². The summed E-state index contributed by atoms with van der Waals surface area (Å²) in [5.74, 6) is 0. The van der Waals surface area contributed by atoms with Crippen LogP contribution in [0.5, 0.6) is 0 Å². The van der Waals surface area contributed by atoms with Gasteiger partial charge in [-0.1, -0.05) is 43.0 Å². The molecule has 0 radical (unpaired) electrons. The number of rotatable bonds is 4. The Balaban J connectivity index is 1.79. The van der Waals surface area contributed by atoms with E-state index in [-0.39, 0.29) is 0 Å². The molecule has 3 rings (SSSR count). The largest absolute Gasteiger partial charge is 0.261 e. The van der Waals surface area contributed by atoms with E-state index in [9.17, 15) is 0 Å². The van der Waals surface area contributed by atoms with Crippen LogP contribution in [-0.4, -0.2) is 10.7 Å². The van der Waals surface area contributed by atoms with Gasteiger partial charge in [0.25, 0.3) is 0 Å². The zero-order chi connectivity index (χ0) is 13.8. The molecule has 1 aromatic carbocycles. The molecule has 98 valence electrons. The van der Waals surface area contributed by atoms with E-state index in [0.29, 0.717) is 0 Å². The zero-order valence-electron chi connectivity index (χ0n) is 11.3. The molecule has 0 spiro atoms. The number of nitrogens with zero attached hydrogens (tertiary/aromatic N) is 2. The van der Waals surface area contributed by atoms with E-state index in [0.717, 1.165) is 29.8 Å². The van der Waals surface area contributed by atoms with Crippen molar-refractivity contribution in [2.75, 3.05) is 0 Å². The average Bonchev–Trinajstić information content (AvgIpc) is 3.03. The number of aromatic nitrogens is 1. The normalized spacial score (nSPS) is 13.3. The van der Waals surface area contributed by atoms with Gasteiger partial charge in [0, 0.05) is 30.9 Å². The summed E-state index contributed by atoms with van der Waals surface area (Å²) in [6.07, 6.45) is 9.41. The van der Waals surface area contributed by atoms with Crippen LogP contribution in [0.2, 0.25) is 0 Å². The summed E-state index contributed by atoms with van der Waals surface area (Å²) in [7, 11) is 0. The lowest BCUT2D eigenvalue weighted by Gasteiger charge is -2.05. The van der Waals surface area contributed by atoms with Gasteiger partial charge < -0.3 is 0 Å². The minimum atomic E-state index is 0.839. The zero-order valence-corrected chi connectivity index (χ0v) is 11.3. The van der Waals surface area contributed by atoms with Gasteiger partial charge in [0.2, 0.25) is 0 Å². The maximum atomic E-state index is 4.45. The van der Waals surface area contributed by atoms with Gasteiger partial charge in [-0.3, -0.25) is 9.98 Å². The van der Waals surface area contributed by atoms with E-state index in [2.05, 4.69) is 53.0 Å². The highest BCUT2D eigenvalue weighted by molar-refractivity contribution is 6.02. The molecule has 0 saturated carbocycles. The lowest BCUT2D eigenvalue weighted by Crippen LogP contribution is -2.00. The second-order valence-corrected chi connectivity index (χ2v) is 4.82. The van der Waals surface area contributed by atoms with Crippen LogP contribution in [0.15, 0.2) is 66.4 Å². The molecule has 2 heterocycles. The first-order valence-electron chi connectivity index (χ1n) is 6.73. The maximum absolute atomic E-state index is 4.45. The molecule has 0 amide bonds. The Morgan fingerprint density at radius 2 is 2.00 bits per heavy atom. The second-order valence-electron chi connectivity index (χ2n) is 4.82. The fourth-order valence-corrected chi connectivity index (χ4v) is 2.29. The summed E-state index contributed by atoms with van der Waals surface area (Å²) in [6.45, 7) is 3.77. The quantitative estimate of drug-likeness (QED) is 0.815. The summed E-state index contributed by atoms with van der Waals surface area (Å²) in [5, 5.41) is 0. The smallest absolute Gasteiger partial charge is 0.0515 e. The standard InChI is InChI=1S/C18H16N2/c1-2-14-5-7-15(8-6-14)12-17-13-16(9-11-19-17)18-4-3-10-20-18/h2-3,5-11,13H,1,4,12H2. The molecule has 1 aliphatic rings. The Hall–Kier alpha value is -2.48. The van der Waals surface area contributed by atoms with Crippen molar-refractivity contribution in [2.24, 2.45) is 4.99 Å². The molecule has 0 N–H and O–H groups in total. The lowest BCUT2D eigenvalue weighted by molar-refractivity contribution is 1.07. The number of pyridine rings is 1. The minimum absolute atomic E-state index is 0.839. The van der Waals surface area contributed by atoms with E-state index in [1.54, 1.807) is 0 Å². The van der Waals surface area contributed by atoms with Crippen molar-refractivity contribution in [1.82, 2.24) is 4.98 Å². The predicted octanol–water partition coefficient (Wildman–Crippen LogP) is 4.02. The van der Waals surface area contributed by atoms with Gasteiger partial charge >= 0.3 is 0 Å². The molecule has 0 unspecified atom stereocenters. The first kappa shape index (κ1) is 12.5. The monoisotopic (exact) mass is 260 g/mol. The molecule has 2 nitrogen and oxygen atoms in total. The third kappa shape index (κ3) is 2.75. The molecule has 2 heteroatoms. The lowest BCUT2D eigenvalue weighted by atomic mass is 10.0. The third-order valence-electron chi connectivity index (χ3n) is 3.40. The van der Waals surface area contributed by atoms with Crippen LogP contribution in [0.1, 0.15) is 28.8 Å². The summed E-state index contributed by atoms with van der Waals surface area (Å²) < 4.78 is 0. The summed E-state index contributed by atoms with van der Waals surface area (Å²) in [6, 6.07) is 12.6. The van der Waals surface area contributed by atoms with Crippen LogP contribution in [0.3, 0.4) is 0 Å². The Morgan fingerprint density at radius 1 is 1.15 bits per heavy atom. The van der Waals surface area contributed by atoms with Crippen LogP contribution < -0.4 is 0 Å². The highest BCUT2D eigenvalue weighted by Gasteiger charge is 2.06. The van der Waals surface area contributed by atoms with Crippen molar-refractivity contribution in [1.29, 1.82) is 0 Å². The highest BCUT2D eigenvalue weighted by Crippen LogP contribution is 2.14. The number of hydrogen-bond acceptors (Lipinski definition) is 2. The SMILES string of the molecule is C=Cc1ccc(Cc2cc(C3=NC=CC3)ccn2)cc1. The van der Waals surface area contributed by atoms with E-state index in [1.165, 1.54) is 11.1 Å². The second kappa shape index (κ2) is 5.66. The minimum Gasteiger partial charge on any atom is -0.261 e. The van der Waals surface area contributed by atoms with Crippen LogP contribution in [0.25, 0.3) is 6.08 Å². The third-order valence-corrected chi connectivity index (χ3v) is 3.40. The molecule has 1 aliphatic heterocycles. The fourth-order valence-electron chi connectivity index (χ4n) is 2.29. The molecule has 0 fully saturated rings. The fraction of sp³-hybridized carbons (Fsp3) is 0.111. The molecular formula is C18H16N2. The van der Waals surface area contributed by atoms with Gasteiger partial charge in [0.1, 0.15) is 0 Å². The predicted molar refractivity (Wildman–Crippen MR) is 83.9 cm³/mol. The first-order chi connectivity index (χ1) is 9.85. The van der Waals surface area contributed by atoms with Crippen molar-refractivity contribution >= 4 is 11.8 Å². The van der Waals surface area contributed by atoms with Crippen molar-refractivity contribution < 1.29 is 0 Å². The van der Waals surface area contributed by atoms with Crippen molar-refractivity contribution in [3.8, 4) is 0 Å². The summed E-state index contributed by atoms with van der Waals surface area (Å²) >= 11 is 0. The van der Waals surface area contributed by atoms with Gasteiger partial charge in [-0.15, -0.1) is 0 Å². The molecule has 2 aromatic rings. The van der Waals surface area contributed by atoms with Crippen LogP contribution in [0, 0.1) is 0 Å². The number of benzene rings is 1. The Labute approximate surface area is 119 Å². The number of hydrogen-bond donors (Lipinski definition) is 0. The Bertz CT molecular complexity index is 679. The summed E-state index contributed by atoms with van der Waals surface area (Å²) in [5.41, 5.74) is 5.76. The van der Waals surface area contributed by atoms with E-state index >= 15 is 0 Å². The molecular weight excluding hydrogens is 244 g/mol. The number of allylic oxidation sites excluding steroid dienone is 1. The molecule has 0 bridgehead atoms. The Morgan fingerprint density at radius 3 is 2.70 bits per heavy atom. The maximum Gasteiger partial charge on any atom is 0.0515 e. The Kier molecular flexibility index (Phi) is 3.55. The average molecular weight is 260 g/mol. The molecule has 1 aromatic heterocycles. The van der Waals surface area contributed by atoms with E-state index in [4.69, 9.17) is 0 Å². The van der Waals surface area contributed by atoms with Crippen LogP contribution in [-0.2, 0) is 6.42 Å². The molecule has 0 aliphatic carbocycles.